The van der Waals surface area contributed by atoms with Crippen LogP contribution in [-0.4, -0.2) is 48.5 Å². The maximum Gasteiger partial charge on any atom is 0.267 e. The Hall–Kier alpha value is -3.80. The fraction of sp³-hybridized carbons (Fsp3) is 0.355. The van der Waals surface area contributed by atoms with Crippen molar-refractivity contribution in [1.29, 1.82) is 0 Å². The molecule has 1 aliphatic heterocycles. The lowest BCUT2D eigenvalue weighted by atomic mass is 9.87. The van der Waals surface area contributed by atoms with Crippen LogP contribution >= 0.6 is 0 Å². The van der Waals surface area contributed by atoms with Gasteiger partial charge in [0.25, 0.3) is 11.8 Å². The molecule has 6 nitrogen and oxygen atoms in total. The van der Waals surface area contributed by atoms with Crippen LogP contribution in [0.5, 0.6) is 5.75 Å². The monoisotopic (exact) mass is 499 g/mol. The summed E-state index contributed by atoms with van der Waals surface area (Å²) in [6.07, 6.45) is 0. The van der Waals surface area contributed by atoms with Crippen LogP contribution in [0.1, 0.15) is 50.5 Å². The highest BCUT2D eigenvalue weighted by molar-refractivity contribution is 5.97. The zero-order valence-electron chi connectivity index (χ0n) is 22.5. The van der Waals surface area contributed by atoms with Crippen molar-refractivity contribution in [3.63, 3.8) is 0 Å². The van der Waals surface area contributed by atoms with Gasteiger partial charge in [-0.15, -0.1) is 0 Å². The van der Waals surface area contributed by atoms with Gasteiger partial charge in [0.1, 0.15) is 5.75 Å². The summed E-state index contributed by atoms with van der Waals surface area (Å²) in [4.78, 5) is 29.8. The highest BCUT2D eigenvalue weighted by atomic mass is 16.5. The molecule has 1 saturated heterocycles. The molecule has 2 amide bonds. The molecule has 1 N–H and O–H groups in total. The first-order valence-corrected chi connectivity index (χ1v) is 12.8. The van der Waals surface area contributed by atoms with Crippen LogP contribution in [0.4, 0.5) is 11.4 Å². The second kappa shape index (κ2) is 10.7. The van der Waals surface area contributed by atoms with Crippen LogP contribution in [0, 0.1) is 0 Å². The summed E-state index contributed by atoms with van der Waals surface area (Å²) in [5.74, 6) is 0.523. The molecule has 0 bridgehead atoms. The zero-order valence-corrected chi connectivity index (χ0v) is 22.5. The van der Waals surface area contributed by atoms with Crippen molar-refractivity contribution in [3.05, 3.63) is 90.0 Å². The lowest BCUT2D eigenvalue weighted by Crippen LogP contribution is -2.48. The summed E-state index contributed by atoms with van der Waals surface area (Å²) in [5, 5.41) is 2.97. The fourth-order valence-corrected chi connectivity index (χ4v) is 4.33. The van der Waals surface area contributed by atoms with Crippen molar-refractivity contribution >= 4 is 23.2 Å². The quantitative estimate of drug-likeness (QED) is 0.470. The van der Waals surface area contributed by atoms with E-state index in [9.17, 15) is 9.59 Å². The van der Waals surface area contributed by atoms with Gasteiger partial charge in [0.15, 0.2) is 5.60 Å². The molecule has 0 aromatic heterocycles. The molecule has 0 unspecified atom stereocenters. The predicted molar refractivity (Wildman–Crippen MR) is 149 cm³/mol. The van der Waals surface area contributed by atoms with Gasteiger partial charge in [-0.2, -0.15) is 0 Å². The summed E-state index contributed by atoms with van der Waals surface area (Å²) < 4.78 is 6.03. The summed E-state index contributed by atoms with van der Waals surface area (Å²) >= 11 is 0. The number of carbonyl (C=O) groups is 2. The number of nitrogens with zero attached hydrogens (tertiary/aromatic N) is 2. The molecule has 4 rings (SSSR count). The molecule has 6 heteroatoms. The molecule has 3 aromatic carbocycles. The van der Waals surface area contributed by atoms with E-state index in [2.05, 4.69) is 31.0 Å². The molecular weight excluding hydrogens is 462 g/mol. The third-order valence-electron chi connectivity index (χ3n) is 6.72. The van der Waals surface area contributed by atoms with Crippen LogP contribution in [0.2, 0.25) is 0 Å². The number of anilines is 2. The van der Waals surface area contributed by atoms with E-state index in [0.717, 1.165) is 24.3 Å². The van der Waals surface area contributed by atoms with Crippen molar-refractivity contribution in [1.82, 2.24) is 4.90 Å². The SMILES string of the molecule is CC(C)(Oc1ccc(C(C)(C)C)cc1)C(=O)Nc1ccc(N2CCN(C(=O)c3ccccc3)CC2)cc1. The number of hydrogen-bond donors (Lipinski definition) is 1. The third-order valence-corrected chi connectivity index (χ3v) is 6.72. The molecule has 0 aliphatic carbocycles. The Morgan fingerprint density at radius 1 is 0.757 bits per heavy atom. The van der Waals surface area contributed by atoms with Gasteiger partial charge in [-0.1, -0.05) is 51.1 Å². The molecule has 1 heterocycles. The topological polar surface area (TPSA) is 61.9 Å². The van der Waals surface area contributed by atoms with E-state index in [-0.39, 0.29) is 17.2 Å². The molecule has 0 spiro atoms. The van der Waals surface area contributed by atoms with Gasteiger partial charge in [-0.25, -0.2) is 0 Å². The van der Waals surface area contributed by atoms with Gasteiger partial charge in [0, 0.05) is 43.1 Å². The van der Waals surface area contributed by atoms with Gasteiger partial charge in [0.2, 0.25) is 0 Å². The molecule has 0 radical (unpaired) electrons. The van der Waals surface area contributed by atoms with E-state index in [1.807, 2.05) is 83.8 Å². The number of nitrogens with one attached hydrogen (secondary N) is 1. The van der Waals surface area contributed by atoms with Crippen LogP contribution < -0.4 is 15.0 Å². The molecule has 194 valence electrons. The fourth-order valence-electron chi connectivity index (χ4n) is 4.33. The standard InChI is InChI=1S/C31H37N3O3/c1-30(2,3)24-11-17-27(18-12-24)37-31(4,5)29(36)32-25-13-15-26(16-14-25)33-19-21-34(22-20-33)28(35)23-9-7-6-8-10-23/h6-18H,19-22H2,1-5H3,(H,32,36). The highest BCUT2D eigenvalue weighted by Crippen LogP contribution is 2.27. The smallest absolute Gasteiger partial charge is 0.267 e. The largest absolute Gasteiger partial charge is 0.478 e. The molecule has 1 fully saturated rings. The number of carbonyl (C=O) groups excluding carboxylic acids is 2. The van der Waals surface area contributed by atoms with Crippen molar-refractivity contribution in [2.24, 2.45) is 0 Å². The number of piperazine rings is 1. The van der Waals surface area contributed by atoms with E-state index in [1.54, 1.807) is 13.8 Å². The normalized spacial score (nSPS) is 14.3. The van der Waals surface area contributed by atoms with E-state index in [1.165, 1.54) is 5.56 Å². The zero-order chi connectivity index (χ0) is 26.6. The van der Waals surface area contributed by atoms with Crippen LogP contribution in [0.3, 0.4) is 0 Å². The first-order valence-electron chi connectivity index (χ1n) is 12.8. The summed E-state index contributed by atoms with van der Waals surface area (Å²) in [5.41, 5.74) is 2.75. The first-order chi connectivity index (χ1) is 17.5. The maximum atomic E-state index is 13.0. The Balaban J connectivity index is 1.31. The molecule has 0 atom stereocenters. The molecule has 37 heavy (non-hydrogen) atoms. The summed E-state index contributed by atoms with van der Waals surface area (Å²) in [6, 6.07) is 25.1. The minimum Gasteiger partial charge on any atom is -0.478 e. The number of rotatable bonds is 6. The van der Waals surface area contributed by atoms with Gasteiger partial charge in [-0.3, -0.25) is 9.59 Å². The number of ether oxygens (including phenoxy) is 1. The Labute approximate surface area is 220 Å². The Morgan fingerprint density at radius 2 is 1.35 bits per heavy atom. The number of hydrogen-bond acceptors (Lipinski definition) is 4. The van der Waals surface area contributed by atoms with E-state index >= 15 is 0 Å². The Bertz CT molecular complexity index is 1210. The Morgan fingerprint density at radius 3 is 1.92 bits per heavy atom. The first kappa shape index (κ1) is 26.3. The molecule has 3 aromatic rings. The average molecular weight is 500 g/mol. The van der Waals surface area contributed by atoms with Gasteiger partial charge >= 0.3 is 0 Å². The summed E-state index contributed by atoms with van der Waals surface area (Å²) in [6.45, 7) is 12.9. The van der Waals surface area contributed by atoms with E-state index in [4.69, 9.17) is 4.74 Å². The van der Waals surface area contributed by atoms with E-state index < -0.39 is 5.60 Å². The van der Waals surface area contributed by atoms with Crippen LogP contribution in [-0.2, 0) is 10.2 Å². The predicted octanol–water partition coefficient (Wildman–Crippen LogP) is 5.74. The average Bonchev–Trinajstić information content (AvgIpc) is 2.89. The second-order valence-electron chi connectivity index (χ2n) is 11.0. The van der Waals surface area contributed by atoms with Crippen LogP contribution in [0.25, 0.3) is 0 Å². The Kier molecular flexibility index (Phi) is 7.58. The van der Waals surface area contributed by atoms with E-state index in [0.29, 0.717) is 24.5 Å². The van der Waals surface area contributed by atoms with Crippen molar-refractivity contribution in [3.8, 4) is 5.75 Å². The van der Waals surface area contributed by atoms with Crippen molar-refractivity contribution < 1.29 is 14.3 Å². The van der Waals surface area contributed by atoms with Crippen LogP contribution in [0.15, 0.2) is 78.9 Å². The van der Waals surface area contributed by atoms with Crippen molar-refractivity contribution in [2.45, 2.75) is 45.6 Å². The van der Waals surface area contributed by atoms with Gasteiger partial charge < -0.3 is 19.9 Å². The highest BCUT2D eigenvalue weighted by Gasteiger charge is 2.30. The summed E-state index contributed by atoms with van der Waals surface area (Å²) in [7, 11) is 0. The number of amides is 2. The third kappa shape index (κ3) is 6.50. The minimum absolute atomic E-state index is 0.0603. The maximum absolute atomic E-state index is 13.0. The molecule has 1 aliphatic rings. The lowest BCUT2D eigenvalue weighted by Gasteiger charge is -2.36. The molecule has 0 saturated carbocycles. The van der Waals surface area contributed by atoms with Crippen molar-refractivity contribution in [2.75, 3.05) is 36.4 Å². The second-order valence-corrected chi connectivity index (χ2v) is 11.0. The molecular formula is C31H37N3O3. The van der Waals surface area contributed by atoms with Gasteiger partial charge in [-0.05, 0) is 73.4 Å². The number of benzene rings is 3. The van der Waals surface area contributed by atoms with Gasteiger partial charge in [0.05, 0.1) is 0 Å². The minimum atomic E-state index is -1.04. The lowest BCUT2D eigenvalue weighted by molar-refractivity contribution is -0.128.